The lowest BCUT2D eigenvalue weighted by Crippen LogP contribution is -2.43. The van der Waals surface area contributed by atoms with Crippen LogP contribution in [0.2, 0.25) is 43.3 Å². The summed E-state index contributed by atoms with van der Waals surface area (Å²) in [5, 5.41) is 0.449. The lowest BCUT2D eigenvalue weighted by molar-refractivity contribution is 0.0868. The molecule has 222 valence electrons. The summed E-state index contributed by atoms with van der Waals surface area (Å²) < 4.78 is 6.49. The van der Waals surface area contributed by atoms with E-state index in [0.29, 0.717) is 22.3 Å². The summed E-state index contributed by atoms with van der Waals surface area (Å²) in [6, 6.07) is 0. The number of fused-ring (bicyclic) bond motifs is 1. The molecule has 39 heavy (non-hydrogen) atoms. The van der Waals surface area contributed by atoms with Crippen molar-refractivity contribution in [1.29, 1.82) is 0 Å². The third kappa shape index (κ3) is 7.80. The van der Waals surface area contributed by atoms with Crippen LogP contribution in [-0.4, -0.2) is 22.0 Å². The molecule has 0 aromatic heterocycles. The molecule has 2 saturated carbocycles. The van der Waals surface area contributed by atoms with Gasteiger partial charge >= 0.3 is 0 Å². The Labute approximate surface area is 246 Å². The highest BCUT2D eigenvalue weighted by atomic mass is 28.4. The van der Waals surface area contributed by atoms with Crippen molar-refractivity contribution in [1.82, 2.24) is 0 Å². The molecule has 3 heteroatoms. The van der Waals surface area contributed by atoms with Crippen LogP contribution in [0.3, 0.4) is 0 Å². The summed E-state index contributed by atoms with van der Waals surface area (Å²) in [4.78, 5) is 0. The Morgan fingerprint density at radius 3 is 2.36 bits per heavy atom. The van der Waals surface area contributed by atoms with E-state index in [2.05, 4.69) is 106 Å². The standard InChI is InChI=1S/C36H64OSi2/c1-27-18-21-31(39(12,13)34(3,4)5)26-30(27)20-19-29-17-15-25-36(8)32(22-23-33(29)36)28(2)16-14-24-35(6,7)37-38(9,10)11/h19-20,22,28,31,33H,1,14-18,21,23-26H2,2-13H3/b29-19+,30-20-/t28-,31-,33+,36-/m1/s1. The average molecular weight is 569 g/mol. The van der Waals surface area contributed by atoms with E-state index >= 15 is 0 Å². The summed E-state index contributed by atoms with van der Waals surface area (Å²) in [5.41, 5.74) is 7.64. The zero-order valence-corrected chi connectivity index (χ0v) is 30.2. The van der Waals surface area contributed by atoms with Gasteiger partial charge in [0.15, 0.2) is 8.32 Å². The first kappa shape index (κ1) is 32.9. The number of rotatable bonds is 9. The van der Waals surface area contributed by atoms with Gasteiger partial charge in [-0.2, -0.15) is 0 Å². The van der Waals surface area contributed by atoms with Crippen molar-refractivity contribution in [3.8, 4) is 0 Å². The van der Waals surface area contributed by atoms with Crippen LogP contribution in [0.25, 0.3) is 0 Å². The van der Waals surface area contributed by atoms with Crippen molar-refractivity contribution in [2.75, 3.05) is 0 Å². The SMILES string of the molecule is C=C1CC[C@@H]([Si](C)(C)C(C)(C)C)C/C1=C/C=C1\CCC[C@]2(C)C([C@H](C)CCCC(C)(C)O[Si](C)(C)C)=CC[C@@H]12. The van der Waals surface area contributed by atoms with E-state index in [0.717, 1.165) is 12.0 Å². The molecule has 3 aliphatic rings. The number of hydrogen-bond donors (Lipinski definition) is 0. The third-order valence-corrected chi connectivity index (χ3v) is 18.9. The van der Waals surface area contributed by atoms with Crippen LogP contribution in [0.1, 0.15) is 113 Å². The minimum atomic E-state index is -1.51. The summed E-state index contributed by atoms with van der Waals surface area (Å²) in [6.07, 6.45) is 20.4. The van der Waals surface area contributed by atoms with Crippen molar-refractivity contribution in [3.05, 3.63) is 47.1 Å². The van der Waals surface area contributed by atoms with Crippen molar-refractivity contribution < 1.29 is 4.43 Å². The minimum Gasteiger partial charge on any atom is -0.413 e. The van der Waals surface area contributed by atoms with Gasteiger partial charge in [-0.3, -0.25) is 0 Å². The topological polar surface area (TPSA) is 9.23 Å². The van der Waals surface area contributed by atoms with Crippen LogP contribution in [0.15, 0.2) is 47.1 Å². The van der Waals surface area contributed by atoms with Crippen molar-refractivity contribution in [2.45, 2.75) is 162 Å². The third-order valence-electron chi connectivity index (χ3n) is 11.3. The molecule has 0 aromatic carbocycles. The molecular weight excluding hydrogens is 505 g/mol. The summed E-state index contributed by atoms with van der Waals surface area (Å²) in [7, 11) is -2.86. The second-order valence-corrected chi connectivity index (χ2v) is 27.1. The average Bonchev–Trinajstić information content (AvgIpc) is 3.13. The maximum atomic E-state index is 6.49. The van der Waals surface area contributed by atoms with Gasteiger partial charge in [-0.1, -0.05) is 95.7 Å². The molecule has 0 saturated heterocycles. The van der Waals surface area contributed by atoms with Gasteiger partial charge in [0.1, 0.15) is 0 Å². The maximum Gasteiger partial charge on any atom is 0.184 e. The first-order chi connectivity index (χ1) is 17.8. The number of hydrogen-bond acceptors (Lipinski definition) is 1. The molecule has 0 aliphatic heterocycles. The highest BCUT2D eigenvalue weighted by Gasteiger charge is 2.46. The normalized spacial score (nSPS) is 30.1. The van der Waals surface area contributed by atoms with Crippen molar-refractivity contribution >= 4 is 16.4 Å². The van der Waals surface area contributed by atoms with E-state index < -0.39 is 16.4 Å². The fourth-order valence-electron chi connectivity index (χ4n) is 8.13. The molecule has 3 aliphatic carbocycles. The predicted octanol–water partition coefficient (Wildman–Crippen LogP) is 12.0. The lowest BCUT2D eigenvalue weighted by Gasteiger charge is -2.46. The lowest BCUT2D eigenvalue weighted by atomic mass is 9.62. The molecule has 0 radical (unpaired) electrons. The molecule has 0 N–H and O–H groups in total. The van der Waals surface area contributed by atoms with E-state index in [4.69, 9.17) is 4.43 Å². The highest BCUT2D eigenvalue weighted by molar-refractivity contribution is 6.81. The summed E-state index contributed by atoms with van der Waals surface area (Å²) in [5.74, 6) is 1.36. The first-order valence-electron chi connectivity index (χ1n) is 16.3. The van der Waals surface area contributed by atoms with Gasteiger partial charge in [-0.15, -0.1) is 0 Å². The van der Waals surface area contributed by atoms with E-state index in [1.807, 2.05) is 0 Å². The van der Waals surface area contributed by atoms with E-state index in [9.17, 15) is 0 Å². The summed E-state index contributed by atoms with van der Waals surface area (Å²) >= 11 is 0. The van der Waals surface area contributed by atoms with Gasteiger partial charge in [0, 0.05) is 0 Å². The Kier molecular flexibility index (Phi) is 10.0. The predicted molar refractivity (Wildman–Crippen MR) is 180 cm³/mol. The quantitative estimate of drug-likeness (QED) is 0.198. The van der Waals surface area contributed by atoms with Gasteiger partial charge in [0.25, 0.3) is 0 Å². The fourth-order valence-corrected chi connectivity index (χ4v) is 12.7. The van der Waals surface area contributed by atoms with E-state index in [1.54, 1.807) is 16.7 Å². The van der Waals surface area contributed by atoms with Crippen LogP contribution < -0.4 is 0 Å². The van der Waals surface area contributed by atoms with Gasteiger partial charge < -0.3 is 4.43 Å². The van der Waals surface area contributed by atoms with Crippen LogP contribution >= 0.6 is 0 Å². The van der Waals surface area contributed by atoms with E-state index in [-0.39, 0.29) is 5.60 Å². The Balaban J connectivity index is 1.68. The van der Waals surface area contributed by atoms with Gasteiger partial charge in [0.05, 0.1) is 13.7 Å². The van der Waals surface area contributed by atoms with Crippen molar-refractivity contribution in [2.24, 2.45) is 17.3 Å². The zero-order valence-electron chi connectivity index (χ0n) is 28.2. The largest absolute Gasteiger partial charge is 0.413 e. The molecule has 0 aromatic rings. The van der Waals surface area contributed by atoms with Crippen molar-refractivity contribution in [3.63, 3.8) is 0 Å². The first-order valence-corrected chi connectivity index (χ1v) is 22.7. The maximum absolute atomic E-state index is 6.49. The molecule has 1 nitrogen and oxygen atoms in total. The smallest absolute Gasteiger partial charge is 0.184 e. The zero-order chi connectivity index (χ0) is 29.4. The highest BCUT2D eigenvalue weighted by Crippen LogP contribution is 2.57. The Morgan fingerprint density at radius 2 is 1.74 bits per heavy atom. The number of allylic oxidation sites excluding steroid dienone is 7. The second-order valence-electron chi connectivity index (χ2n) is 16.9. The van der Waals surface area contributed by atoms with Crippen LogP contribution in [-0.2, 0) is 4.43 Å². The van der Waals surface area contributed by atoms with E-state index in [1.165, 1.54) is 63.4 Å². The molecule has 2 fully saturated rings. The molecule has 3 rings (SSSR count). The van der Waals surface area contributed by atoms with Gasteiger partial charge in [-0.05, 0) is 125 Å². The van der Waals surface area contributed by atoms with Crippen LogP contribution in [0.5, 0.6) is 0 Å². The van der Waals surface area contributed by atoms with Crippen LogP contribution in [0.4, 0.5) is 0 Å². The monoisotopic (exact) mass is 568 g/mol. The Morgan fingerprint density at radius 1 is 1.08 bits per heavy atom. The molecular formula is C36H64OSi2. The van der Waals surface area contributed by atoms with Gasteiger partial charge in [-0.25, -0.2) is 0 Å². The molecule has 0 bridgehead atoms. The molecule has 0 amide bonds. The molecule has 4 atom stereocenters. The Hall–Kier alpha value is -0.646. The molecule has 0 unspecified atom stereocenters. The van der Waals surface area contributed by atoms with Crippen LogP contribution in [0, 0.1) is 17.3 Å². The summed E-state index contributed by atoms with van der Waals surface area (Å²) in [6.45, 7) is 33.8. The van der Waals surface area contributed by atoms with Gasteiger partial charge in [0.2, 0.25) is 0 Å². The molecule has 0 spiro atoms. The Bertz CT molecular complexity index is 981. The minimum absolute atomic E-state index is 0.00164. The second kappa shape index (κ2) is 11.9. The molecule has 0 heterocycles. The fraction of sp³-hybridized carbons (Fsp3) is 0.778.